The van der Waals surface area contributed by atoms with Crippen LogP contribution in [0.1, 0.15) is 51.3 Å². The highest BCUT2D eigenvalue weighted by atomic mass is 79.9. The molecule has 206 valence electrons. The molecule has 0 amide bonds. The number of benzene rings is 6. The Morgan fingerprint density at radius 1 is 0.651 bits per heavy atom. The van der Waals surface area contributed by atoms with E-state index in [1.165, 1.54) is 16.8 Å². The first-order chi connectivity index (χ1) is 20.8. The van der Waals surface area contributed by atoms with Crippen molar-refractivity contribution >= 4 is 72.2 Å². The van der Waals surface area contributed by atoms with E-state index in [-0.39, 0.29) is 22.6 Å². The molecule has 4 heteroatoms. The van der Waals surface area contributed by atoms with Gasteiger partial charge in [-0.2, -0.15) is 0 Å². The summed E-state index contributed by atoms with van der Waals surface area (Å²) >= 11 is 3.58. The fourth-order valence-corrected chi connectivity index (χ4v) is 7.17. The summed E-state index contributed by atoms with van der Waals surface area (Å²) in [4.78, 5) is 29.2. The minimum Gasteiger partial charge on any atom is -0.310 e. The number of anilines is 3. The molecule has 0 spiro atoms. The molecule has 0 fully saturated rings. The summed E-state index contributed by atoms with van der Waals surface area (Å²) in [5.74, 6) is -0.418. The summed E-state index contributed by atoms with van der Waals surface area (Å²) in [7, 11) is 0. The summed E-state index contributed by atoms with van der Waals surface area (Å²) in [5.41, 5.74) is 7.70. The van der Waals surface area contributed by atoms with E-state index in [0.29, 0.717) is 11.1 Å². The fraction of sp³-hybridized carbons (Fsp3) is 0.0769. The standard InChI is InChI=1S/C39H26BrNO2/c1-39(2)33-9-5-6-10-34(33)41(28-15-13-27(40)14-16-28)35-18-12-26-19-23(11-17-29(26)36(35)39)20-32-37(42)30-21-24-7-3-4-8-25(24)22-31(30)38(32)43/h3-22H,1-2H3. The predicted molar refractivity (Wildman–Crippen MR) is 179 cm³/mol. The summed E-state index contributed by atoms with van der Waals surface area (Å²) in [6.45, 7) is 4.58. The average molecular weight is 621 g/mol. The minimum absolute atomic E-state index is 0.209. The zero-order valence-electron chi connectivity index (χ0n) is 23.7. The third-order valence-electron chi connectivity index (χ3n) is 8.97. The number of rotatable bonds is 2. The molecule has 0 saturated carbocycles. The maximum absolute atomic E-state index is 13.4. The van der Waals surface area contributed by atoms with Crippen LogP contribution in [0.2, 0.25) is 0 Å². The quantitative estimate of drug-likeness (QED) is 0.143. The topological polar surface area (TPSA) is 37.4 Å². The number of halogens is 1. The number of Topliss-reactive ketones (excluding diaryl/α,β-unsaturated/α-hetero) is 2. The number of carbonyl (C=O) groups is 2. The smallest absolute Gasteiger partial charge is 0.197 e. The van der Waals surface area contributed by atoms with Crippen molar-refractivity contribution in [1.29, 1.82) is 0 Å². The lowest BCUT2D eigenvalue weighted by molar-refractivity contribution is 0.0990. The zero-order valence-corrected chi connectivity index (χ0v) is 25.3. The van der Waals surface area contributed by atoms with Gasteiger partial charge in [-0.3, -0.25) is 9.59 Å². The van der Waals surface area contributed by atoms with Gasteiger partial charge in [0.1, 0.15) is 0 Å². The summed E-state index contributed by atoms with van der Waals surface area (Å²) in [5, 5.41) is 4.14. The number of fused-ring (bicyclic) bond motifs is 6. The van der Waals surface area contributed by atoms with Crippen molar-refractivity contribution in [3.8, 4) is 0 Å². The van der Waals surface area contributed by atoms with Crippen molar-refractivity contribution in [2.75, 3.05) is 4.90 Å². The number of nitrogens with zero attached hydrogens (tertiary/aromatic N) is 1. The number of hydrogen-bond donors (Lipinski definition) is 0. The Balaban J connectivity index is 1.26. The summed E-state index contributed by atoms with van der Waals surface area (Å²) in [6, 6.07) is 39.1. The number of carbonyl (C=O) groups excluding carboxylic acids is 2. The maximum Gasteiger partial charge on any atom is 0.197 e. The molecule has 43 heavy (non-hydrogen) atoms. The molecule has 3 nitrogen and oxygen atoms in total. The lowest BCUT2D eigenvalue weighted by atomic mass is 9.71. The highest BCUT2D eigenvalue weighted by Crippen LogP contribution is 2.54. The zero-order chi connectivity index (χ0) is 29.5. The lowest BCUT2D eigenvalue weighted by Gasteiger charge is -2.42. The Labute approximate surface area is 258 Å². The molecule has 0 saturated heterocycles. The van der Waals surface area contributed by atoms with Crippen LogP contribution in [0.15, 0.2) is 125 Å². The second-order valence-corrected chi connectivity index (χ2v) is 12.8. The van der Waals surface area contributed by atoms with Gasteiger partial charge < -0.3 is 4.90 Å². The van der Waals surface area contributed by atoms with Gasteiger partial charge in [0.05, 0.1) is 16.9 Å². The van der Waals surface area contributed by atoms with E-state index in [9.17, 15) is 9.59 Å². The number of ketones is 2. The van der Waals surface area contributed by atoms with Gasteiger partial charge in [0.2, 0.25) is 0 Å². The van der Waals surface area contributed by atoms with Gasteiger partial charge in [-0.05, 0) is 98.9 Å². The van der Waals surface area contributed by atoms with Crippen molar-refractivity contribution in [3.05, 3.63) is 153 Å². The van der Waals surface area contributed by atoms with Crippen molar-refractivity contribution < 1.29 is 9.59 Å². The van der Waals surface area contributed by atoms with Crippen molar-refractivity contribution in [1.82, 2.24) is 0 Å². The van der Waals surface area contributed by atoms with E-state index in [1.807, 2.05) is 42.5 Å². The first-order valence-corrected chi connectivity index (χ1v) is 15.2. The second-order valence-electron chi connectivity index (χ2n) is 11.9. The molecule has 0 atom stereocenters. The van der Waals surface area contributed by atoms with Crippen LogP contribution >= 0.6 is 15.9 Å². The van der Waals surface area contributed by atoms with E-state index < -0.39 is 0 Å². The molecule has 1 aliphatic heterocycles. The predicted octanol–water partition coefficient (Wildman–Crippen LogP) is 10.3. The molecule has 6 aromatic carbocycles. The van der Waals surface area contributed by atoms with Gasteiger partial charge in [-0.15, -0.1) is 0 Å². The Morgan fingerprint density at radius 2 is 1.30 bits per heavy atom. The molecular formula is C39H26BrNO2. The van der Waals surface area contributed by atoms with Crippen LogP contribution in [-0.2, 0) is 5.41 Å². The summed E-state index contributed by atoms with van der Waals surface area (Å²) < 4.78 is 1.04. The first-order valence-electron chi connectivity index (χ1n) is 14.4. The van der Waals surface area contributed by atoms with E-state index in [1.54, 1.807) is 6.08 Å². The number of allylic oxidation sites excluding steroid dienone is 1. The number of hydrogen-bond acceptors (Lipinski definition) is 3. The van der Waals surface area contributed by atoms with Crippen molar-refractivity contribution in [2.45, 2.75) is 19.3 Å². The van der Waals surface area contributed by atoms with Crippen molar-refractivity contribution in [2.24, 2.45) is 0 Å². The van der Waals surface area contributed by atoms with Crippen LogP contribution in [0.25, 0.3) is 27.6 Å². The molecule has 8 rings (SSSR count). The van der Waals surface area contributed by atoms with Gasteiger partial charge in [-0.25, -0.2) is 0 Å². The first kappa shape index (κ1) is 25.9. The normalized spacial score (nSPS) is 15.0. The highest BCUT2D eigenvalue weighted by Gasteiger charge is 2.38. The van der Waals surface area contributed by atoms with Gasteiger partial charge >= 0.3 is 0 Å². The average Bonchev–Trinajstić information content (AvgIpc) is 3.24. The third kappa shape index (κ3) is 3.87. The molecule has 2 aliphatic rings. The van der Waals surface area contributed by atoms with Gasteiger partial charge in [0.15, 0.2) is 11.6 Å². The molecule has 0 bridgehead atoms. The second kappa shape index (κ2) is 9.35. The van der Waals surface area contributed by atoms with E-state index in [0.717, 1.165) is 43.0 Å². The van der Waals surface area contributed by atoms with Gasteiger partial charge in [0, 0.05) is 26.7 Å². The Bertz CT molecular complexity index is 2150. The monoisotopic (exact) mass is 619 g/mol. The molecule has 0 aromatic heterocycles. The molecule has 0 unspecified atom stereocenters. The molecule has 0 N–H and O–H groups in total. The van der Waals surface area contributed by atoms with E-state index in [2.05, 4.69) is 107 Å². The van der Waals surface area contributed by atoms with Crippen LogP contribution in [0, 0.1) is 0 Å². The summed E-state index contributed by atoms with van der Waals surface area (Å²) in [6.07, 6.45) is 1.75. The lowest BCUT2D eigenvalue weighted by Crippen LogP contribution is -2.30. The molecule has 1 heterocycles. The Hall–Kier alpha value is -4.80. The molecule has 0 radical (unpaired) electrons. The largest absolute Gasteiger partial charge is 0.310 e. The minimum atomic E-state index is -0.252. The molecule has 6 aromatic rings. The Kier molecular flexibility index (Phi) is 5.63. The third-order valence-corrected chi connectivity index (χ3v) is 9.49. The van der Waals surface area contributed by atoms with Crippen LogP contribution in [-0.4, -0.2) is 11.6 Å². The van der Waals surface area contributed by atoms with Crippen molar-refractivity contribution in [3.63, 3.8) is 0 Å². The van der Waals surface area contributed by atoms with E-state index >= 15 is 0 Å². The van der Waals surface area contributed by atoms with E-state index in [4.69, 9.17) is 0 Å². The highest BCUT2D eigenvalue weighted by molar-refractivity contribution is 9.10. The van der Waals surface area contributed by atoms with Gasteiger partial charge in [-0.1, -0.05) is 90.4 Å². The van der Waals surface area contributed by atoms with Crippen LogP contribution in [0.5, 0.6) is 0 Å². The van der Waals surface area contributed by atoms with Crippen LogP contribution in [0.3, 0.4) is 0 Å². The van der Waals surface area contributed by atoms with Crippen LogP contribution < -0.4 is 4.90 Å². The van der Waals surface area contributed by atoms with Crippen LogP contribution in [0.4, 0.5) is 17.1 Å². The Morgan fingerprint density at radius 3 is 2.00 bits per heavy atom. The molecular weight excluding hydrogens is 594 g/mol. The molecule has 1 aliphatic carbocycles. The number of para-hydroxylation sites is 1. The maximum atomic E-state index is 13.4. The SMILES string of the molecule is CC1(C)c2ccccc2N(c2ccc(Br)cc2)c2ccc3cc(C=C4C(=O)c5cc6ccccc6cc5C4=O)ccc3c21. The fourth-order valence-electron chi connectivity index (χ4n) is 6.91. The van der Waals surface area contributed by atoms with Gasteiger partial charge in [0.25, 0.3) is 0 Å².